The predicted molar refractivity (Wildman–Crippen MR) is 83.0 cm³/mol. The molecule has 0 fully saturated rings. The Hall–Kier alpha value is -1.32. The van der Waals surface area contributed by atoms with E-state index in [9.17, 15) is 4.79 Å². The second-order valence-corrected chi connectivity index (χ2v) is 5.66. The van der Waals surface area contributed by atoms with Crippen LogP contribution in [0.25, 0.3) is 0 Å². The molecule has 0 spiro atoms. The van der Waals surface area contributed by atoms with Crippen molar-refractivity contribution in [2.75, 3.05) is 5.32 Å². The second-order valence-electron chi connectivity index (χ2n) is 4.40. The van der Waals surface area contributed by atoms with E-state index in [0.717, 1.165) is 21.3 Å². The molecular formula is C15H13BrClNO. The maximum absolute atomic E-state index is 12.1. The molecule has 0 unspecified atom stereocenters. The van der Waals surface area contributed by atoms with E-state index < -0.39 is 0 Å². The summed E-state index contributed by atoms with van der Waals surface area (Å²) < 4.78 is 0.959. The molecule has 1 amide bonds. The molecule has 0 heterocycles. The summed E-state index contributed by atoms with van der Waals surface area (Å²) in [4.78, 5) is 12.1. The zero-order chi connectivity index (χ0) is 14.0. The van der Waals surface area contributed by atoms with Crippen LogP contribution >= 0.6 is 27.5 Å². The monoisotopic (exact) mass is 337 g/mol. The van der Waals surface area contributed by atoms with Gasteiger partial charge < -0.3 is 5.32 Å². The van der Waals surface area contributed by atoms with Crippen LogP contribution in [0, 0.1) is 13.8 Å². The quantitative estimate of drug-likeness (QED) is 0.823. The first-order valence-corrected chi connectivity index (χ1v) is 6.98. The molecule has 0 aliphatic heterocycles. The highest BCUT2D eigenvalue weighted by atomic mass is 79.9. The summed E-state index contributed by atoms with van der Waals surface area (Å²) in [7, 11) is 0. The number of aryl methyl sites for hydroxylation is 2. The molecule has 2 aromatic carbocycles. The number of carbonyl (C=O) groups is 1. The Bertz CT molecular complexity index is 640. The highest BCUT2D eigenvalue weighted by Gasteiger charge is 2.10. The zero-order valence-corrected chi connectivity index (χ0v) is 13.0. The molecule has 98 valence electrons. The van der Waals surface area contributed by atoms with E-state index in [4.69, 9.17) is 11.6 Å². The number of rotatable bonds is 2. The minimum Gasteiger partial charge on any atom is -0.322 e. The van der Waals surface area contributed by atoms with Gasteiger partial charge in [-0.3, -0.25) is 4.79 Å². The summed E-state index contributed by atoms with van der Waals surface area (Å²) in [5.74, 6) is -0.208. The third-order valence-electron chi connectivity index (χ3n) is 2.80. The Morgan fingerprint density at radius 3 is 2.53 bits per heavy atom. The van der Waals surface area contributed by atoms with Crippen LogP contribution in [-0.2, 0) is 0 Å². The number of hydrogen-bond acceptors (Lipinski definition) is 1. The van der Waals surface area contributed by atoms with Gasteiger partial charge in [0, 0.05) is 10.2 Å². The van der Waals surface area contributed by atoms with Crippen molar-refractivity contribution in [3.05, 3.63) is 62.6 Å². The van der Waals surface area contributed by atoms with Crippen molar-refractivity contribution in [1.82, 2.24) is 0 Å². The Balaban J connectivity index is 2.23. The molecule has 0 saturated heterocycles. The highest BCUT2D eigenvalue weighted by Crippen LogP contribution is 2.23. The van der Waals surface area contributed by atoms with Crippen molar-refractivity contribution in [1.29, 1.82) is 0 Å². The number of amides is 1. The van der Waals surface area contributed by atoms with Crippen molar-refractivity contribution in [3.63, 3.8) is 0 Å². The predicted octanol–water partition coefficient (Wildman–Crippen LogP) is 4.97. The van der Waals surface area contributed by atoms with Crippen molar-refractivity contribution >= 4 is 39.1 Å². The van der Waals surface area contributed by atoms with Crippen LogP contribution in [0.4, 0.5) is 5.69 Å². The van der Waals surface area contributed by atoms with Gasteiger partial charge in [-0.25, -0.2) is 0 Å². The third-order valence-corrected chi connectivity index (χ3v) is 3.97. The average molecular weight is 339 g/mol. The number of carbonyl (C=O) groups excluding carboxylic acids is 1. The van der Waals surface area contributed by atoms with Crippen LogP contribution in [0.15, 0.2) is 40.9 Å². The first kappa shape index (κ1) is 14.1. The van der Waals surface area contributed by atoms with Gasteiger partial charge in [-0.05, 0) is 49.2 Å². The van der Waals surface area contributed by atoms with Crippen LogP contribution in [0.5, 0.6) is 0 Å². The van der Waals surface area contributed by atoms with Crippen molar-refractivity contribution in [2.45, 2.75) is 13.8 Å². The van der Waals surface area contributed by atoms with Crippen LogP contribution in [-0.4, -0.2) is 5.91 Å². The van der Waals surface area contributed by atoms with Gasteiger partial charge in [0.2, 0.25) is 0 Å². The average Bonchev–Trinajstić information content (AvgIpc) is 2.33. The fourth-order valence-corrected chi connectivity index (χ4v) is 2.37. The normalized spacial score (nSPS) is 10.3. The van der Waals surface area contributed by atoms with E-state index in [0.29, 0.717) is 10.6 Å². The molecule has 0 aromatic heterocycles. The Morgan fingerprint density at radius 1 is 1.16 bits per heavy atom. The summed E-state index contributed by atoms with van der Waals surface area (Å²) in [6, 6.07) is 11.1. The Kier molecular flexibility index (Phi) is 4.27. The second kappa shape index (κ2) is 5.76. The molecule has 0 atom stereocenters. The largest absolute Gasteiger partial charge is 0.322 e. The maximum atomic E-state index is 12.1. The van der Waals surface area contributed by atoms with Gasteiger partial charge in [0.05, 0.1) is 10.6 Å². The summed E-state index contributed by atoms with van der Waals surface area (Å²) in [5, 5.41) is 3.29. The molecule has 4 heteroatoms. The van der Waals surface area contributed by atoms with Gasteiger partial charge in [-0.15, -0.1) is 0 Å². The molecule has 2 nitrogen and oxygen atoms in total. The number of anilines is 1. The fraction of sp³-hybridized carbons (Fsp3) is 0.133. The standard InChI is InChI=1S/C15H13BrClNO/c1-9-3-6-12(14(17)7-9)15(19)18-11-5-4-10(2)13(16)8-11/h3-8H,1-2H3,(H,18,19). The summed E-state index contributed by atoms with van der Waals surface area (Å²) in [5.41, 5.74) is 3.36. The van der Waals surface area contributed by atoms with Gasteiger partial charge in [0.1, 0.15) is 0 Å². The molecular weight excluding hydrogens is 326 g/mol. The lowest BCUT2D eigenvalue weighted by Crippen LogP contribution is -2.12. The number of hydrogen-bond donors (Lipinski definition) is 1. The van der Waals surface area contributed by atoms with Gasteiger partial charge >= 0.3 is 0 Å². The smallest absolute Gasteiger partial charge is 0.257 e. The highest BCUT2D eigenvalue weighted by molar-refractivity contribution is 9.10. The molecule has 2 aromatic rings. The summed E-state index contributed by atoms with van der Waals surface area (Å²) in [6.07, 6.45) is 0. The van der Waals surface area contributed by atoms with Gasteiger partial charge in [0.15, 0.2) is 0 Å². The van der Waals surface area contributed by atoms with Crippen LogP contribution in [0.2, 0.25) is 5.02 Å². The van der Waals surface area contributed by atoms with Crippen molar-refractivity contribution in [3.8, 4) is 0 Å². The van der Waals surface area contributed by atoms with E-state index in [2.05, 4.69) is 21.2 Å². The minimum absolute atomic E-state index is 0.208. The molecule has 0 bridgehead atoms. The lowest BCUT2D eigenvalue weighted by Gasteiger charge is -2.08. The SMILES string of the molecule is Cc1ccc(C(=O)Nc2ccc(C)c(Br)c2)c(Cl)c1. The number of benzene rings is 2. The van der Waals surface area contributed by atoms with Crippen molar-refractivity contribution < 1.29 is 4.79 Å². The van der Waals surface area contributed by atoms with Gasteiger partial charge in [-0.1, -0.05) is 39.7 Å². The van der Waals surface area contributed by atoms with E-state index in [1.54, 1.807) is 12.1 Å². The minimum atomic E-state index is -0.208. The first-order chi connectivity index (χ1) is 8.97. The lowest BCUT2D eigenvalue weighted by atomic mass is 10.1. The molecule has 0 aliphatic rings. The van der Waals surface area contributed by atoms with Crippen LogP contribution in [0.3, 0.4) is 0 Å². The summed E-state index contributed by atoms with van der Waals surface area (Å²) in [6.45, 7) is 3.93. The van der Waals surface area contributed by atoms with E-state index >= 15 is 0 Å². The molecule has 0 aliphatic carbocycles. The van der Waals surface area contributed by atoms with E-state index in [-0.39, 0.29) is 5.91 Å². The topological polar surface area (TPSA) is 29.1 Å². The number of nitrogens with one attached hydrogen (secondary N) is 1. The van der Waals surface area contributed by atoms with E-state index in [1.807, 2.05) is 38.1 Å². The number of halogens is 2. The van der Waals surface area contributed by atoms with Gasteiger partial charge in [0.25, 0.3) is 5.91 Å². The maximum Gasteiger partial charge on any atom is 0.257 e. The van der Waals surface area contributed by atoms with Gasteiger partial charge in [-0.2, -0.15) is 0 Å². The molecule has 0 radical (unpaired) electrons. The molecule has 1 N–H and O–H groups in total. The fourth-order valence-electron chi connectivity index (χ4n) is 1.67. The first-order valence-electron chi connectivity index (χ1n) is 5.81. The van der Waals surface area contributed by atoms with E-state index in [1.165, 1.54) is 0 Å². The molecule has 0 saturated carbocycles. The lowest BCUT2D eigenvalue weighted by molar-refractivity contribution is 0.102. The Morgan fingerprint density at radius 2 is 1.89 bits per heavy atom. The van der Waals surface area contributed by atoms with Crippen LogP contribution in [0.1, 0.15) is 21.5 Å². The summed E-state index contributed by atoms with van der Waals surface area (Å²) >= 11 is 9.52. The Labute approximate surface area is 125 Å². The van der Waals surface area contributed by atoms with Crippen LogP contribution < -0.4 is 5.32 Å². The third kappa shape index (κ3) is 3.37. The van der Waals surface area contributed by atoms with Crippen molar-refractivity contribution in [2.24, 2.45) is 0 Å². The molecule has 2 rings (SSSR count). The zero-order valence-electron chi connectivity index (χ0n) is 10.6. The molecule has 19 heavy (non-hydrogen) atoms.